The van der Waals surface area contributed by atoms with Crippen molar-refractivity contribution in [2.24, 2.45) is 0 Å². The standard InChI is InChI=1S/C24H16N6OS/c1-13-4-7-18(32-13)20-19(15-5-6-17-14(11-15)3-2-8-25-17)29-21-22(31)16(12-28-24(21)30-20)23-26-9-10-27-23/h2-12H,1H3,(H,26,27)(H,28,30,31). The largest absolute Gasteiger partial charge is 0.344 e. The Bertz CT molecular complexity index is 1670. The number of hydrogen-bond acceptors (Lipinski definition) is 6. The Morgan fingerprint density at radius 2 is 1.88 bits per heavy atom. The Labute approximate surface area is 185 Å². The predicted molar refractivity (Wildman–Crippen MR) is 127 cm³/mol. The molecule has 154 valence electrons. The van der Waals surface area contributed by atoms with E-state index >= 15 is 0 Å². The molecule has 0 spiro atoms. The van der Waals surface area contributed by atoms with Gasteiger partial charge in [0.1, 0.15) is 11.5 Å². The second kappa shape index (κ2) is 7.21. The van der Waals surface area contributed by atoms with Crippen LogP contribution in [0.15, 0.2) is 72.0 Å². The molecule has 2 N–H and O–H groups in total. The number of nitrogens with one attached hydrogen (secondary N) is 2. The summed E-state index contributed by atoms with van der Waals surface area (Å²) in [6.07, 6.45) is 6.69. The number of pyridine rings is 2. The number of benzene rings is 1. The molecule has 0 saturated carbocycles. The normalized spacial score (nSPS) is 11.4. The molecule has 8 heteroatoms. The van der Waals surface area contributed by atoms with Gasteiger partial charge in [-0.1, -0.05) is 12.1 Å². The molecule has 32 heavy (non-hydrogen) atoms. The van der Waals surface area contributed by atoms with E-state index in [1.165, 1.54) is 4.88 Å². The van der Waals surface area contributed by atoms with Crippen molar-refractivity contribution >= 4 is 33.4 Å². The number of aromatic nitrogens is 6. The van der Waals surface area contributed by atoms with E-state index in [4.69, 9.17) is 9.97 Å². The predicted octanol–water partition coefficient (Wildman–Crippen LogP) is 4.96. The van der Waals surface area contributed by atoms with Gasteiger partial charge in [-0.15, -0.1) is 11.3 Å². The van der Waals surface area contributed by atoms with Crippen molar-refractivity contribution in [2.75, 3.05) is 0 Å². The summed E-state index contributed by atoms with van der Waals surface area (Å²) >= 11 is 1.65. The maximum Gasteiger partial charge on any atom is 0.220 e. The molecule has 5 aromatic heterocycles. The van der Waals surface area contributed by atoms with Gasteiger partial charge in [0.25, 0.3) is 0 Å². The Morgan fingerprint density at radius 3 is 2.69 bits per heavy atom. The molecule has 7 nitrogen and oxygen atoms in total. The zero-order chi connectivity index (χ0) is 21.7. The van der Waals surface area contributed by atoms with Crippen molar-refractivity contribution in [1.29, 1.82) is 0 Å². The topological polar surface area (TPSA) is 100 Å². The zero-order valence-corrected chi connectivity index (χ0v) is 17.8. The first kappa shape index (κ1) is 18.6. The highest BCUT2D eigenvalue weighted by molar-refractivity contribution is 7.15. The third kappa shape index (κ3) is 3.00. The van der Waals surface area contributed by atoms with Crippen molar-refractivity contribution in [3.63, 3.8) is 0 Å². The molecule has 0 aliphatic carbocycles. The van der Waals surface area contributed by atoms with E-state index in [2.05, 4.69) is 32.9 Å². The van der Waals surface area contributed by atoms with Crippen molar-refractivity contribution in [3.8, 4) is 33.2 Å². The molecule has 6 rings (SSSR count). The number of H-pyrrole nitrogens is 2. The van der Waals surface area contributed by atoms with Crippen molar-refractivity contribution in [3.05, 3.63) is 82.4 Å². The Kier molecular flexibility index (Phi) is 4.19. The van der Waals surface area contributed by atoms with Crippen LogP contribution in [0, 0.1) is 6.92 Å². The van der Waals surface area contributed by atoms with Crippen LogP contribution >= 0.6 is 11.3 Å². The van der Waals surface area contributed by atoms with E-state index in [0.717, 1.165) is 27.0 Å². The molecule has 0 amide bonds. The van der Waals surface area contributed by atoms with Crippen LogP contribution in [-0.4, -0.2) is 29.9 Å². The fourth-order valence-electron chi connectivity index (χ4n) is 3.77. The van der Waals surface area contributed by atoms with Gasteiger partial charge in [0.05, 0.1) is 21.7 Å². The molecule has 0 saturated heterocycles. The molecule has 0 atom stereocenters. The summed E-state index contributed by atoms with van der Waals surface area (Å²) in [5, 5.41) is 0.999. The highest BCUT2D eigenvalue weighted by Crippen LogP contribution is 2.35. The smallest absolute Gasteiger partial charge is 0.220 e. The van der Waals surface area contributed by atoms with Crippen LogP contribution in [0.3, 0.4) is 0 Å². The first-order valence-electron chi connectivity index (χ1n) is 10.0. The number of imidazole rings is 1. The number of aromatic amines is 2. The molecule has 6 aromatic rings. The average Bonchev–Trinajstić information content (AvgIpc) is 3.50. The molecular formula is C24H16N6OS. The maximum absolute atomic E-state index is 13.3. The van der Waals surface area contributed by atoms with Crippen LogP contribution in [0.4, 0.5) is 0 Å². The minimum absolute atomic E-state index is 0.223. The summed E-state index contributed by atoms with van der Waals surface area (Å²) in [4.78, 5) is 39.9. The molecule has 0 radical (unpaired) electrons. The number of aryl methyl sites for hydroxylation is 1. The van der Waals surface area contributed by atoms with Gasteiger partial charge in [-0.25, -0.2) is 15.0 Å². The molecule has 0 aliphatic heterocycles. The summed E-state index contributed by atoms with van der Waals surface area (Å²) in [6.45, 7) is 2.06. The fraction of sp³-hybridized carbons (Fsp3) is 0.0417. The van der Waals surface area contributed by atoms with E-state index in [9.17, 15) is 4.79 Å². The highest BCUT2D eigenvalue weighted by Gasteiger charge is 2.19. The quantitative estimate of drug-likeness (QED) is 0.408. The Balaban J connectivity index is 1.66. The van der Waals surface area contributed by atoms with Gasteiger partial charge in [0.2, 0.25) is 5.43 Å². The fourth-order valence-corrected chi connectivity index (χ4v) is 4.63. The van der Waals surface area contributed by atoms with E-state index in [1.807, 2.05) is 36.4 Å². The minimum atomic E-state index is -0.223. The van der Waals surface area contributed by atoms with Crippen LogP contribution in [0.1, 0.15) is 4.88 Å². The SMILES string of the molecule is Cc1ccc(-c2nc3[nH]cc(-c4ncc[nH]4)c(=O)c3nc2-c2ccc3ncccc3c2)s1. The summed E-state index contributed by atoms with van der Waals surface area (Å²) < 4.78 is 0. The van der Waals surface area contributed by atoms with E-state index < -0.39 is 0 Å². The van der Waals surface area contributed by atoms with Gasteiger partial charge < -0.3 is 9.97 Å². The lowest BCUT2D eigenvalue weighted by atomic mass is 10.1. The van der Waals surface area contributed by atoms with Crippen molar-refractivity contribution in [1.82, 2.24) is 29.9 Å². The van der Waals surface area contributed by atoms with Crippen LogP contribution in [0.5, 0.6) is 0 Å². The summed E-state index contributed by atoms with van der Waals surface area (Å²) in [7, 11) is 0. The molecule has 0 fully saturated rings. The van der Waals surface area contributed by atoms with Gasteiger partial charge in [-0.3, -0.25) is 9.78 Å². The Morgan fingerprint density at radius 1 is 0.938 bits per heavy atom. The number of rotatable bonds is 3. The third-order valence-electron chi connectivity index (χ3n) is 5.31. The van der Waals surface area contributed by atoms with Gasteiger partial charge >= 0.3 is 0 Å². The van der Waals surface area contributed by atoms with E-state index in [-0.39, 0.29) is 10.9 Å². The van der Waals surface area contributed by atoms with Crippen molar-refractivity contribution in [2.45, 2.75) is 6.92 Å². The average molecular weight is 437 g/mol. The maximum atomic E-state index is 13.3. The molecular weight excluding hydrogens is 420 g/mol. The van der Waals surface area contributed by atoms with Gasteiger partial charge in [-0.2, -0.15) is 0 Å². The van der Waals surface area contributed by atoms with Crippen molar-refractivity contribution < 1.29 is 0 Å². The third-order valence-corrected chi connectivity index (χ3v) is 6.32. The van der Waals surface area contributed by atoms with E-state index in [1.54, 1.807) is 36.1 Å². The monoisotopic (exact) mass is 436 g/mol. The Hall–Kier alpha value is -4.17. The lowest BCUT2D eigenvalue weighted by Gasteiger charge is -2.10. The summed E-state index contributed by atoms with van der Waals surface area (Å²) in [5.41, 5.74) is 4.09. The summed E-state index contributed by atoms with van der Waals surface area (Å²) in [5.74, 6) is 0.492. The molecule has 0 unspecified atom stereocenters. The number of thiophene rings is 1. The molecule has 0 bridgehead atoms. The molecule has 5 heterocycles. The lowest BCUT2D eigenvalue weighted by Crippen LogP contribution is -2.11. The zero-order valence-electron chi connectivity index (χ0n) is 17.0. The highest BCUT2D eigenvalue weighted by atomic mass is 32.1. The molecule has 0 aliphatic rings. The van der Waals surface area contributed by atoms with Crippen LogP contribution in [0.25, 0.3) is 55.3 Å². The van der Waals surface area contributed by atoms with Gasteiger partial charge in [0.15, 0.2) is 11.2 Å². The first-order valence-corrected chi connectivity index (χ1v) is 10.8. The van der Waals surface area contributed by atoms with Gasteiger partial charge in [0, 0.05) is 40.6 Å². The number of nitrogens with zero attached hydrogens (tertiary/aromatic N) is 4. The lowest BCUT2D eigenvalue weighted by molar-refractivity contribution is 1.20. The van der Waals surface area contributed by atoms with E-state index in [0.29, 0.717) is 22.7 Å². The van der Waals surface area contributed by atoms with Crippen LogP contribution in [-0.2, 0) is 0 Å². The summed E-state index contributed by atoms with van der Waals surface area (Å²) in [6, 6.07) is 14.0. The van der Waals surface area contributed by atoms with Crippen LogP contribution < -0.4 is 5.43 Å². The second-order valence-electron chi connectivity index (χ2n) is 7.41. The minimum Gasteiger partial charge on any atom is -0.344 e. The number of hydrogen-bond donors (Lipinski definition) is 2. The number of fused-ring (bicyclic) bond motifs is 2. The first-order chi connectivity index (χ1) is 15.7. The molecule has 1 aromatic carbocycles. The van der Waals surface area contributed by atoms with Crippen LogP contribution in [0.2, 0.25) is 0 Å². The van der Waals surface area contributed by atoms with Gasteiger partial charge in [-0.05, 0) is 37.3 Å². The second-order valence-corrected chi connectivity index (χ2v) is 8.70.